The lowest BCUT2D eigenvalue weighted by molar-refractivity contribution is -0.161. The summed E-state index contributed by atoms with van der Waals surface area (Å²) < 4.78 is 42.0. The lowest BCUT2D eigenvalue weighted by atomic mass is 9.78. The molecule has 130 valence electrons. The first-order chi connectivity index (χ1) is 11.1. The van der Waals surface area contributed by atoms with Gasteiger partial charge < -0.3 is 19.2 Å². The van der Waals surface area contributed by atoms with Crippen LogP contribution in [-0.4, -0.2) is 30.9 Å². The van der Waals surface area contributed by atoms with Gasteiger partial charge in [-0.15, -0.1) is 0 Å². The van der Waals surface area contributed by atoms with Gasteiger partial charge in [0, 0.05) is 5.56 Å². The molecule has 9 heteroatoms. The summed E-state index contributed by atoms with van der Waals surface area (Å²) >= 11 is 0. The number of esters is 2. The summed E-state index contributed by atoms with van der Waals surface area (Å²) in [6.45, 7) is 4.19. The first-order valence-corrected chi connectivity index (χ1v) is 7.31. The number of hydrogen-bond acceptors (Lipinski definition) is 6. The van der Waals surface area contributed by atoms with Crippen LogP contribution >= 0.6 is 0 Å². The summed E-state index contributed by atoms with van der Waals surface area (Å²) in [5.74, 6) is -4.27. The summed E-state index contributed by atoms with van der Waals surface area (Å²) in [5, 5.41) is 9.50. The van der Waals surface area contributed by atoms with E-state index in [0.717, 1.165) is 0 Å². The molecule has 0 amide bonds. The fourth-order valence-corrected chi connectivity index (χ4v) is 2.07. The summed E-state index contributed by atoms with van der Waals surface area (Å²) in [4.78, 5) is 23.6. The average Bonchev–Trinajstić information content (AvgIpc) is 2.49. The summed E-state index contributed by atoms with van der Waals surface area (Å²) in [5.41, 5.74) is -1.30. The van der Waals surface area contributed by atoms with Crippen molar-refractivity contribution >= 4 is 19.1 Å². The maximum atomic E-state index is 13.8. The van der Waals surface area contributed by atoms with Gasteiger partial charge in [-0.2, -0.15) is 0 Å². The molecule has 0 unspecified atom stereocenters. The molecule has 1 aromatic rings. The molecule has 0 aliphatic carbocycles. The molecule has 0 fully saturated rings. The highest BCUT2D eigenvalue weighted by Crippen LogP contribution is 2.34. The quantitative estimate of drug-likeness (QED) is 0.515. The van der Waals surface area contributed by atoms with E-state index in [-0.39, 0.29) is 29.6 Å². The number of halogens is 2. The van der Waals surface area contributed by atoms with Crippen LogP contribution in [0.1, 0.15) is 36.7 Å². The Bertz CT molecular complexity index is 671. The van der Waals surface area contributed by atoms with Crippen molar-refractivity contribution in [2.75, 3.05) is 6.79 Å². The molecule has 24 heavy (non-hydrogen) atoms. The fourth-order valence-electron chi connectivity index (χ4n) is 2.07. The number of carbonyl (C=O) groups excluding carboxylic acids is 2. The summed E-state index contributed by atoms with van der Waals surface area (Å²) in [6.07, 6.45) is 0.0877. The molecule has 0 bridgehead atoms. The molecule has 6 nitrogen and oxygen atoms in total. The first kappa shape index (κ1) is 18.2. The van der Waals surface area contributed by atoms with E-state index in [1.54, 1.807) is 20.8 Å². The van der Waals surface area contributed by atoms with Gasteiger partial charge in [-0.05, 0) is 39.6 Å². The van der Waals surface area contributed by atoms with Crippen molar-refractivity contribution in [2.24, 2.45) is 5.41 Å². The Morgan fingerprint density at radius 3 is 2.62 bits per heavy atom. The van der Waals surface area contributed by atoms with Crippen LogP contribution in [-0.2, 0) is 20.7 Å². The SMILES string of the molecule is CC(C)(C)C(=O)OCOC(=O)c1cc(F)c(F)c2c1OB(O)CC2. The Kier molecular flexibility index (Phi) is 5.12. The monoisotopic (exact) mass is 342 g/mol. The standard InChI is InChI=1S/C15H17BF2O6/c1-15(2,3)14(20)23-7-22-13(19)9-6-10(17)11(18)8-4-5-16(21)24-12(8)9/h6,21H,4-5,7H2,1-3H3. The van der Waals surface area contributed by atoms with Crippen LogP contribution in [0.4, 0.5) is 8.78 Å². The van der Waals surface area contributed by atoms with E-state index < -0.39 is 42.9 Å². The van der Waals surface area contributed by atoms with E-state index in [1.165, 1.54) is 0 Å². The molecule has 0 radical (unpaired) electrons. The molecule has 1 aliphatic rings. The number of hydrogen-bond donors (Lipinski definition) is 1. The molecule has 1 aliphatic heterocycles. The minimum atomic E-state index is -1.23. The molecular formula is C15H17BF2O6. The Labute approximate surface area is 137 Å². The third-order valence-electron chi connectivity index (χ3n) is 3.37. The van der Waals surface area contributed by atoms with Gasteiger partial charge in [0.1, 0.15) is 11.3 Å². The van der Waals surface area contributed by atoms with E-state index in [1.807, 2.05) is 0 Å². The normalized spacial score (nSPS) is 13.8. The Morgan fingerprint density at radius 2 is 2.00 bits per heavy atom. The number of fused-ring (bicyclic) bond motifs is 1. The minimum Gasteiger partial charge on any atom is -0.535 e. The van der Waals surface area contributed by atoms with Crippen molar-refractivity contribution in [2.45, 2.75) is 33.5 Å². The van der Waals surface area contributed by atoms with Crippen molar-refractivity contribution in [1.82, 2.24) is 0 Å². The van der Waals surface area contributed by atoms with Crippen molar-refractivity contribution < 1.29 is 37.5 Å². The van der Waals surface area contributed by atoms with Gasteiger partial charge in [-0.25, -0.2) is 13.6 Å². The number of carbonyl (C=O) groups is 2. The molecular weight excluding hydrogens is 325 g/mol. The smallest absolute Gasteiger partial charge is 0.522 e. The van der Waals surface area contributed by atoms with Crippen molar-refractivity contribution in [1.29, 1.82) is 0 Å². The fraction of sp³-hybridized carbons (Fsp3) is 0.467. The van der Waals surface area contributed by atoms with Crippen molar-refractivity contribution in [3.63, 3.8) is 0 Å². The van der Waals surface area contributed by atoms with Crippen LogP contribution < -0.4 is 4.65 Å². The van der Waals surface area contributed by atoms with Crippen LogP contribution in [0.3, 0.4) is 0 Å². The van der Waals surface area contributed by atoms with Crippen LogP contribution in [0.25, 0.3) is 0 Å². The zero-order valence-corrected chi connectivity index (χ0v) is 13.5. The van der Waals surface area contributed by atoms with Crippen molar-refractivity contribution in [3.05, 3.63) is 28.8 Å². The molecule has 0 atom stereocenters. The zero-order chi connectivity index (χ0) is 18.1. The second kappa shape index (κ2) is 6.76. The van der Waals surface area contributed by atoms with Gasteiger partial charge in [0.25, 0.3) is 0 Å². The van der Waals surface area contributed by atoms with Gasteiger partial charge in [0.15, 0.2) is 11.6 Å². The van der Waals surface area contributed by atoms with Gasteiger partial charge in [-0.3, -0.25) is 4.79 Å². The molecule has 2 rings (SSSR count). The highest BCUT2D eigenvalue weighted by Gasteiger charge is 2.32. The third kappa shape index (κ3) is 3.84. The highest BCUT2D eigenvalue weighted by atomic mass is 19.2. The number of ether oxygens (including phenoxy) is 2. The van der Waals surface area contributed by atoms with E-state index in [4.69, 9.17) is 14.1 Å². The van der Waals surface area contributed by atoms with Crippen LogP contribution in [0.5, 0.6) is 5.75 Å². The second-order valence-corrected chi connectivity index (χ2v) is 6.37. The van der Waals surface area contributed by atoms with Crippen molar-refractivity contribution in [3.8, 4) is 5.75 Å². The van der Waals surface area contributed by atoms with Gasteiger partial charge in [0.05, 0.1) is 5.41 Å². The third-order valence-corrected chi connectivity index (χ3v) is 3.37. The number of benzene rings is 1. The molecule has 0 spiro atoms. The summed E-state index contributed by atoms with van der Waals surface area (Å²) in [6, 6.07) is 0.625. The maximum Gasteiger partial charge on any atom is 0.522 e. The van der Waals surface area contributed by atoms with Crippen LogP contribution in [0.15, 0.2) is 6.07 Å². The largest absolute Gasteiger partial charge is 0.535 e. The van der Waals surface area contributed by atoms with Gasteiger partial charge in [0.2, 0.25) is 6.79 Å². The minimum absolute atomic E-state index is 0.0133. The average molecular weight is 342 g/mol. The van der Waals surface area contributed by atoms with Crippen LogP contribution in [0.2, 0.25) is 6.32 Å². The molecule has 1 aromatic carbocycles. The first-order valence-electron chi connectivity index (χ1n) is 7.31. The lowest BCUT2D eigenvalue weighted by Gasteiger charge is -2.22. The Morgan fingerprint density at radius 1 is 1.33 bits per heavy atom. The van der Waals surface area contributed by atoms with Gasteiger partial charge in [-0.1, -0.05) is 0 Å². The Hall–Kier alpha value is -2.16. The van der Waals surface area contributed by atoms with E-state index in [2.05, 4.69) is 0 Å². The topological polar surface area (TPSA) is 82.1 Å². The van der Waals surface area contributed by atoms with Crippen LogP contribution in [0, 0.1) is 17.0 Å². The zero-order valence-electron chi connectivity index (χ0n) is 13.5. The lowest BCUT2D eigenvalue weighted by Crippen LogP contribution is -2.29. The molecule has 0 saturated heterocycles. The Balaban J connectivity index is 2.15. The van der Waals surface area contributed by atoms with E-state index >= 15 is 0 Å². The van der Waals surface area contributed by atoms with E-state index in [0.29, 0.717) is 6.07 Å². The number of rotatable bonds is 3. The predicted octanol–water partition coefficient (Wildman–Crippen LogP) is 2.08. The molecule has 1 N–H and O–H groups in total. The molecule has 1 heterocycles. The second-order valence-electron chi connectivity index (χ2n) is 6.37. The highest BCUT2D eigenvalue weighted by molar-refractivity contribution is 6.44. The summed E-state index contributed by atoms with van der Waals surface area (Å²) in [7, 11) is -1.23. The molecule has 0 aromatic heterocycles. The maximum absolute atomic E-state index is 13.8. The van der Waals surface area contributed by atoms with Gasteiger partial charge >= 0.3 is 19.1 Å². The molecule has 0 saturated carbocycles. The van der Waals surface area contributed by atoms with E-state index in [9.17, 15) is 23.4 Å². The predicted molar refractivity (Wildman–Crippen MR) is 79.3 cm³/mol.